The third kappa shape index (κ3) is 3.98. The van der Waals surface area contributed by atoms with Gasteiger partial charge in [-0.15, -0.1) is 11.2 Å². The molecule has 0 fully saturated rings. The van der Waals surface area contributed by atoms with Crippen molar-refractivity contribution in [2.75, 3.05) is 11.1 Å². The number of amides is 1. The Hall–Kier alpha value is -5.24. The quantitative estimate of drug-likeness (QED) is 0.435. The summed E-state index contributed by atoms with van der Waals surface area (Å²) in [5, 5.41) is 22.7. The third-order valence-corrected chi connectivity index (χ3v) is 4.42. The van der Waals surface area contributed by atoms with Gasteiger partial charge in [-0.05, 0) is 18.2 Å². The third-order valence-electron chi connectivity index (χ3n) is 4.42. The number of nitrogens with one attached hydrogen (secondary N) is 1. The van der Waals surface area contributed by atoms with Gasteiger partial charge in [-0.25, -0.2) is 14.6 Å². The highest BCUT2D eigenvalue weighted by molar-refractivity contribution is 6.05. The van der Waals surface area contributed by atoms with Crippen LogP contribution in [0.3, 0.4) is 0 Å². The molecule has 0 saturated carbocycles. The molecule has 4 rings (SSSR count). The van der Waals surface area contributed by atoms with Crippen molar-refractivity contribution in [3.63, 3.8) is 0 Å². The number of halogens is 3. The van der Waals surface area contributed by atoms with E-state index in [1.165, 1.54) is 30.7 Å². The van der Waals surface area contributed by atoms with Crippen molar-refractivity contribution in [1.29, 1.82) is 5.26 Å². The van der Waals surface area contributed by atoms with Gasteiger partial charge in [0.2, 0.25) is 0 Å². The molecule has 34 heavy (non-hydrogen) atoms. The van der Waals surface area contributed by atoms with Gasteiger partial charge >= 0.3 is 6.18 Å². The molecule has 0 bridgehead atoms. The standard InChI is InChI=1S/C20H11F3N10O/c1-2-11-7-13(9-26-18(11)33-27-5-6-28-33)30-19(34)14-10-29-32(16(14)20(21,22)23)15-4-3-12(8-24)17(25)31-15/h1,3-7,9-10H,(H2,25,31)(H,30,34). The van der Waals surface area contributed by atoms with Gasteiger partial charge in [0, 0.05) is 0 Å². The second-order valence-corrected chi connectivity index (χ2v) is 6.54. The van der Waals surface area contributed by atoms with Crippen molar-refractivity contribution < 1.29 is 18.0 Å². The minimum atomic E-state index is -4.98. The Labute approximate surface area is 188 Å². The smallest absolute Gasteiger partial charge is 0.383 e. The summed E-state index contributed by atoms with van der Waals surface area (Å²) in [5.74, 6) is 0.830. The minimum Gasteiger partial charge on any atom is -0.383 e. The second-order valence-electron chi connectivity index (χ2n) is 6.54. The molecule has 3 N–H and O–H groups in total. The summed E-state index contributed by atoms with van der Waals surface area (Å²) < 4.78 is 42.1. The number of nitrogens with zero attached hydrogens (tertiary/aromatic N) is 8. The lowest BCUT2D eigenvalue weighted by molar-refractivity contribution is -0.143. The fourth-order valence-corrected chi connectivity index (χ4v) is 2.95. The van der Waals surface area contributed by atoms with Crippen LogP contribution >= 0.6 is 0 Å². The number of aromatic nitrogens is 7. The number of terminal acetylenes is 1. The molecular formula is C20H11F3N10O. The molecule has 14 heteroatoms. The maximum Gasteiger partial charge on any atom is 0.434 e. The molecule has 0 aliphatic rings. The number of carbonyl (C=O) groups is 1. The van der Waals surface area contributed by atoms with Crippen molar-refractivity contribution in [3.8, 4) is 30.0 Å². The van der Waals surface area contributed by atoms with Crippen LogP contribution in [0.5, 0.6) is 0 Å². The van der Waals surface area contributed by atoms with E-state index in [-0.39, 0.29) is 34.3 Å². The molecule has 0 aliphatic heterocycles. The Morgan fingerprint density at radius 3 is 2.50 bits per heavy atom. The number of hydrogen-bond donors (Lipinski definition) is 2. The van der Waals surface area contributed by atoms with Crippen LogP contribution in [0.2, 0.25) is 0 Å². The largest absolute Gasteiger partial charge is 0.434 e. The van der Waals surface area contributed by atoms with E-state index in [1.807, 2.05) is 0 Å². The van der Waals surface area contributed by atoms with Gasteiger partial charge in [-0.3, -0.25) is 4.79 Å². The molecule has 0 aliphatic carbocycles. The fraction of sp³-hybridized carbons (Fsp3) is 0.0500. The lowest BCUT2D eigenvalue weighted by Gasteiger charge is -2.13. The summed E-state index contributed by atoms with van der Waals surface area (Å²) in [6.45, 7) is 0. The first kappa shape index (κ1) is 22.0. The molecule has 0 aromatic carbocycles. The summed E-state index contributed by atoms with van der Waals surface area (Å²) >= 11 is 0. The van der Waals surface area contributed by atoms with Gasteiger partial charge in [0.05, 0.1) is 47.2 Å². The van der Waals surface area contributed by atoms with Gasteiger partial charge < -0.3 is 11.1 Å². The molecule has 4 heterocycles. The van der Waals surface area contributed by atoms with Crippen LogP contribution in [-0.2, 0) is 6.18 Å². The van der Waals surface area contributed by atoms with Crippen LogP contribution < -0.4 is 11.1 Å². The Morgan fingerprint density at radius 2 is 1.88 bits per heavy atom. The summed E-state index contributed by atoms with van der Waals surface area (Å²) in [4.78, 5) is 21.8. The van der Waals surface area contributed by atoms with Crippen molar-refractivity contribution in [3.05, 3.63) is 65.4 Å². The van der Waals surface area contributed by atoms with Gasteiger partial charge in [-0.1, -0.05) is 5.92 Å². The SMILES string of the molecule is C#Cc1cc(NC(=O)c2cnn(-c3ccc(C#N)c(N)n3)c2C(F)(F)F)cnc1-n1nccn1. The average molecular weight is 464 g/mol. The lowest BCUT2D eigenvalue weighted by atomic mass is 10.2. The van der Waals surface area contributed by atoms with Crippen molar-refractivity contribution in [1.82, 2.24) is 34.7 Å². The number of nitriles is 1. The highest BCUT2D eigenvalue weighted by Gasteiger charge is 2.41. The molecule has 0 saturated heterocycles. The van der Waals surface area contributed by atoms with Crippen LogP contribution in [0.15, 0.2) is 43.0 Å². The van der Waals surface area contributed by atoms with E-state index in [1.54, 1.807) is 6.07 Å². The van der Waals surface area contributed by atoms with E-state index in [0.717, 1.165) is 17.1 Å². The van der Waals surface area contributed by atoms with Gasteiger partial charge in [0.1, 0.15) is 11.9 Å². The van der Waals surface area contributed by atoms with Crippen LogP contribution in [0.4, 0.5) is 24.7 Å². The van der Waals surface area contributed by atoms with Gasteiger partial charge in [-0.2, -0.15) is 33.7 Å². The predicted octanol–water partition coefficient (Wildman–Crippen LogP) is 1.95. The first-order valence-electron chi connectivity index (χ1n) is 9.20. The van der Waals surface area contributed by atoms with E-state index in [0.29, 0.717) is 4.68 Å². The maximum atomic E-state index is 13.9. The zero-order valence-corrected chi connectivity index (χ0v) is 16.8. The molecule has 0 unspecified atom stereocenters. The van der Waals surface area contributed by atoms with E-state index >= 15 is 0 Å². The van der Waals surface area contributed by atoms with Gasteiger partial charge in [0.25, 0.3) is 5.91 Å². The average Bonchev–Trinajstić information content (AvgIpc) is 3.49. The number of nitrogen functional groups attached to an aromatic ring is 1. The van der Waals surface area contributed by atoms with E-state index in [4.69, 9.17) is 17.4 Å². The number of nitrogens with two attached hydrogens (primary N) is 1. The number of carbonyl (C=O) groups excluding carboxylic acids is 1. The lowest BCUT2D eigenvalue weighted by Crippen LogP contribution is -2.21. The van der Waals surface area contributed by atoms with Crippen LogP contribution in [0, 0.1) is 23.7 Å². The maximum absolute atomic E-state index is 13.9. The number of alkyl halides is 3. The number of rotatable bonds is 4. The zero-order chi connectivity index (χ0) is 24.5. The predicted molar refractivity (Wildman–Crippen MR) is 111 cm³/mol. The van der Waals surface area contributed by atoms with Crippen LogP contribution in [-0.4, -0.2) is 40.6 Å². The number of anilines is 2. The molecule has 4 aromatic rings. The molecule has 168 valence electrons. The zero-order valence-electron chi connectivity index (χ0n) is 16.8. The fourth-order valence-electron chi connectivity index (χ4n) is 2.95. The Balaban J connectivity index is 1.70. The first-order chi connectivity index (χ1) is 16.2. The molecule has 4 aromatic heterocycles. The van der Waals surface area contributed by atoms with E-state index in [9.17, 15) is 18.0 Å². The molecule has 0 radical (unpaired) electrons. The summed E-state index contributed by atoms with van der Waals surface area (Å²) in [6, 6.07) is 5.42. The molecule has 0 spiro atoms. The molecule has 0 atom stereocenters. The van der Waals surface area contributed by atoms with E-state index < -0.39 is 23.3 Å². The van der Waals surface area contributed by atoms with Crippen molar-refractivity contribution in [2.45, 2.75) is 6.18 Å². The van der Waals surface area contributed by atoms with Crippen LogP contribution in [0.1, 0.15) is 27.2 Å². The topological polar surface area (TPSA) is 153 Å². The van der Waals surface area contributed by atoms with Crippen molar-refractivity contribution in [2.24, 2.45) is 0 Å². The Bertz CT molecular complexity index is 1480. The summed E-state index contributed by atoms with van der Waals surface area (Å²) in [7, 11) is 0. The normalized spacial score (nSPS) is 11.0. The number of pyridine rings is 2. The van der Waals surface area contributed by atoms with Crippen molar-refractivity contribution >= 4 is 17.4 Å². The molecule has 1 amide bonds. The summed E-state index contributed by atoms with van der Waals surface area (Å²) in [5.41, 5.74) is 3.65. The van der Waals surface area contributed by atoms with Crippen LogP contribution in [0.25, 0.3) is 11.6 Å². The second kappa shape index (κ2) is 8.36. The Kier molecular flexibility index (Phi) is 5.40. The molecule has 11 nitrogen and oxygen atoms in total. The first-order valence-corrected chi connectivity index (χ1v) is 9.20. The highest BCUT2D eigenvalue weighted by atomic mass is 19.4. The monoisotopic (exact) mass is 464 g/mol. The summed E-state index contributed by atoms with van der Waals surface area (Å²) in [6.07, 6.45) is 5.25. The highest BCUT2D eigenvalue weighted by Crippen LogP contribution is 2.34. The van der Waals surface area contributed by atoms with E-state index in [2.05, 4.69) is 36.5 Å². The number of hydrogen-bond acceptors (Lipinski definition) is 8. The molecular weight excluding hydrogens is 453 g/mol. The van der Waals surface area contributed by atoms with Gasteiger partial charge in [0.15, 0.2) is 17.3 Å². The minimum absolute atomic E-state index is 0.0204. The Morgan fingerprint density at radius 1 is 1.15 bits per heavy atom.